The molecule has 1 aliphatic heterocycles. The average Bonchev–Trinajstić information content (AvgIpc) is 3.46. The Morgan fingerprint density at radius 1 is 1.05 bits per heavy atom. The lowest BCUT2D eigenvalue weighted by atomic mass is 9.87. The van der Waals surface area contributed by atoms with E-state index in [-0.39, 0.29) is 17.9 Å². The van der Waals surface area contributed by atoms with Crippen LogP contribution in [0.4, 0.5) is 5.69 Å². The monoisotopic (exact) mass is 514 g/mol. The number of nitrogens with zero attached hydrogens (tertiary/aromatic N) is 1. The van der Waals surface area contributed by atoms with Crippen LogP contribution < -0.4 is 10.1 Å². The van der Waals surface area contributed by atoms with E-state index in [0.717, 1.165) is 16.7 Å². The van der Waals surface area contributed by atoms with Gasteiger partial charge in [-0.25, -0.2) is 0 Å². The molecule has 1 aromatic heterocycles. The van der Waals surface area contributed by atoms with Gasteiger partial charge in [-0.3, -0.25) is 9.59 Å². The molecule has 6 nitrogen and oxygen atoms in total. The Bertz CT molecular complexity index is 1390. The fourth-order valence-electron chi connectivity index (χ4n) is 4.70. The van der Waals surface area contributed by atoms with E-state index in [1.165, 1.54) is 6.26 Å². The lowest BCUT2D eigenvalue weighted by Crippen LogP contribution is -2.40. The standard InChI is InChI=1S/C30H27ClN2O4/c1-2-26(29(34)32-23-11-6-10-22(31)18-23)37-24-14-13-20-15-16-33(30(35)27-12-7-17-36-27)28(25(20)19-24)21-8-4-3-5-9-21/h3-14,17-19,26,28H,2,15-16H2,1H3,(H,32,34)/t26-,28-/m1/s1. The number of anilines is 1. The molecule has 5 rings (SSSR count). The molecule has 188 valence electrons. The zero-order valence-electron chi connectivity index (χ0n) is 20.4. The summed E-state index contributed by atoms with van der Waals surface area (Å²) < 4.78 is 11.6. The second-order valence-corrected chi connectivity index (χ2v) is 9.35. The van der Waals surface area contributed by atoms with Crippen molar-refractivity contribution in [1.82, 2.24) is 4.90 Å². The van der Waals surface area contributed by atoms with Crippen LogP contribution in [0.1, 0.15) is 46.6 Å². The minimum absolute atomic E-state index is 0.164. The fourth-order valence-corrected chi connectivity index (χ4v) is 4.89. The van der Waals surface area contributed by atoms with Gasteiger partial charge in [-0.2, -0.15) is 0 Å². The van der Waals surface area contributed by atoms with E-state index in [4.69, 9.17) is 20.8 Å². The molecule has 7 heteroatoms. The van der Waals surface area contributed by atoms with Crippen LogP contribution in [0.25, 0.3) is 0 Å². The van der Waals surface area contributed by atoms with E-state index in [2.05, 4.69) is 5.32 Å². The van der Waals surface area contributed by atoms with Gasteiger partial charge < -0.3 is 19.4 Å². The van der Waals surface area contributed by atoms with Gasteiger partial charge in [0.1, 0.15) is 5.75 Å². The molecule has 37 heavy (non-hydrogen) atoms. The van der Waals surface area contributed by atoms with Crippen molar-refractivity contribution in [2.24, 2.45) is 0 Å². The van der Waals surface area contributed by atoms with Crippen LogP contribution in [0.3, 0.4) is 0 Å². The largest absolute Gasteiger partial charge is 0.481 e. The van der Waals surface area contributed by atoms with Crippen molar-refractivity contribution in [3.8, 4) is 5.75 Å². The van der Waals surface area contributed by atoms with Gasteiger partial charge in [0, 0.05) is 17.3 Å². The number of benzene rings is 3. The van der Waals surface area contributed by atoms with E-state index >= 15 is 0 Å². The normalized spacial score (nSPS) is 15.5. The van der Waals surface area contributed by atoms with Gasteiger partial charge in [-0.15, -0.1) is 0 Å². The van der Waals surface area contributed by atoms with Crippen molar-refractivity contribution < 1.29 is 18.7 Å². The Labute approximate surface area is 220 Å². The average molecular weight is 515 g/mol. The third-order valence-electron chi connectivity index (χ3n) is 6.49. The summed E-state index contributed by atoms with van der Waals surface area (Å²) in [6.07, 6.45) is 2.00. The molecule has 2 amide bonds. The van der Waals surface area contributed by atoms with Gasteiger partial charge in [-0.1, -0.05) is 61.0 Å². The molecule has 3 aromatic carbocycles. The molecule has 0 radical (unpaired) electrons. The predicted octanol–water partition coefficient (Wildman–Crippen LogP) is 6.52. The molecule has 0 saturated carbocycles. The Kier molecular flexibility index (Phi) is 7.28. The zero-order chi connectivity index (χ0) is 25.8. The highest BCUT2D eigenvalue weighted by Gasteiger charge is 2.34. The third-order valence-corrected chi connectivity index (χ3v) is 6.72. The summed E-state index contributed by atoms with van der Waals surface area (Å²) in [6, 6.07) is 25.9. The predicted molar refractivity (Wildman–Crippen MR) is 143 cm³/mol. The third kappa shape index (κ3) is 5.39. The molecule has 2 atom stereocenters. The SMILES string of the molecule is CC[C@@H](Oc1ccc2c(c1)[C@@H](c1ccccc1)N(C(=O)c1ccco1)CC2)C(=O)Nc1cccc(Cl)c1. The van der Waals surface area contributed by atoms with E-state index < -0.39 is 6.10 Å². The number of hydrogen-bond acceptors (Lipinski definition) is 4. The highest BCUT2D eigenvalue weighted by Crippen LogP contribution is 2.38. The van der Waals surface area contributed by atoms with E-state index in [0.29, 0.717) is 41.6 Å². The number of fused-ring (bicyclic) bond motifs is 1. The van der Waals surface area contributed by atoms with Crippen LogP contribution in [0.15, 0.2) is 95.6 Å². The summed E-state index contributed by atoms with van der Waals surface area (Å²) in [6.45, 7) is 2.46. The lowest BCUT2D eigenvalue weighted by Gasteiger charge is -2.37. The van der Waals surface area contributed by atoms with Crippen molar-refractivity contribution >= 4 is 29.1 Å². The molecule has 0 unspecified atom stereocenters. The molecule has 0 bridgehead atoms. The number of ether oxygens (including phenoxy) is 1. The lowest BCUT2D eigenvalue weighted by molar-refractivity contribution is -0.122. The molecule has 2 heterocycles. The quantitative estimate of drug-likeness (QED) is 0.305. The molecule has 0 fully saturated rings. The van der Waals surface area contributed by atoms with Crippen LogP contribution in [0, 0.1) is 0 Å². The van der Waals surface area contributed by atoms with Crippen LogP contribution in [-0.2, 0) is 11.2 Å². The van der Waals surface area contributed by atoms with Crippen LogP contribution in [-0.4, -0.2) is 29.4 Å². The second-order valence-electron chi connectivity index (χ2n) is 8.91. The molecular formula is C30H27ClN2O4. The molecular weight excluding hydrogens is 488 g/mol. The first-order chi connectivity index (χ1) is 18.0. The van der Waals surface area contributed by atoms with Crippen LogP contribution in [0.5, 0.6) is 5.75 Å². The summed E-state index contributed by atoms with van der Waals surface area (Å²) >= 11 is 6.05. The number of furan rings is 1. The molecule has 4 aromatic rings. The first-order valence-corrected chi connectivity index (χ1v) is 12.7. The minimum atomic E-state index is -0.698. The van der Waals surface area contributed by atoms with E-state index in [1.54, 1.807) is 36.4 Å². The van der Waals surface area contributed by atoms with Gasteiger partial charge in [0.05, 0.1) is 12.3 Å². The van der Waals surface area contributed by atoms with E-state index in [9.17, 15) is 9.59 Å². The molecule has 0 spiro atoms. The van der Waals surface area contributed by atoms with Crippen molar-refractivity contribution in [2.45, 2.75) is 31.9 Å². The summed E-state index contributed by atoms with van der Waals surface area (Å²) in [5.41, 5.74) is 3.72. The topological polar surface area (TPSA) is 71.8 Å². The number of halogens is 1. The Hall–Kier alpha value is -4.03. The number of rotatable bonds is 7. The Morgan fingerprint density at radius 2 is 1.89 bits per heavy atom. The van der Waals surface area contributed by atoms with Crippen LogP contribution >= 0.6 is 11.6 Å². The maximum atomic E-state index is 13.4. The van der Waals surface area contributed by atoms with Crippen molar-refractivity contribution in [3.05, 3.63) is 119 Å². The molecule has 1 N–H and O–H groups in total. The van der Waals surface area contributed by atoms with Gasteiger partial charge >= 0.3 is 0 Å². The molecule has 1 aliphatic rings. The summed E-state index contributed by atoms with van der Waals surface area (Å²) in [5.74, 6) is 0.459. The van der Waals surface area contributed by atoms with Gasteiger partial charge in [-0.05, 0) is 72.0 Å². The van der Waals surface area contributed by atoms with Crippen molar-refractivity contribution in [2.75, 3.05) is 11.9 Å². The van der Waals surface area contributed by atoms with Crippen molar-refractivity contribution in [1.29, 1.82) is 0 Å². The number of amides is 2. The van der Waals surface area contributed by atoms with Gasteiger partial charge in [0.2, 0.25) is 0 Å². The number of nitrogens with one attached hydrogen (secondary N) is 1. The minimum Gasteiger partial charge on any atom is -0.481 e. The Morgan fingerprint density at radius 3 is 2.62 bits per heavy atom. The van der Waals surface area contributed by atoms with Gasteiger partial charge in [0.25, 0.3) is 11.8 Å². The molecule has 0 saturated heterocycles. The summed E-state index contributed by atoms with van der Waals surface area (Å²) in [5, 5.41) is 3.42. The summed E-state index contributed by atoms with van der Waals surface area (Å²) in [7, 11) is 0. The number of carbonyl (C=O) groups is 2. The van der Waals surface area contributed by atoms with Crippen LogP contribution in [0.2, 0.25) is 5.02 Å². The summed E-state index contributed by atoms with van der Waals surface area (Å²) in [4.78, 5) is 28.2. The van der Waals surface area contributed by atoms with E-state index in [1.807, 2.05) is 60.4 Å². The second kappa shape index (κ2) is 10.9. The number of hydrogen-bond donors (Lipinski definition) is 1. The smallest absolute Gasteiger partial charge is 0.290 e. The zero-order valence-corrected chi connectivity index (χ0v) is 21.2. The first kappa shape index (κ1) is 24.7. The molecule has 0 aliphatic carbocycles. The maximum absolute atomic E-state index is 13.4. The van der Waals surface area contributed by atoms with Crippen molar-refractivity contribution in [3.63, 3.8) is 0 Å². The fraction of sp³-hybridized carbons (Fsp3) is 0.200. The highest BCUT2D eigenvalue weighted by molar-refractivity contribution is 6.30. The van der Waals surface area contributed by atoms with Gasteiger partial charge in [0.15, 0.2) is 11.9 Å². The maximum Gasteiger partial charge on any atom is 0.290 e. The Balaban J connectivity index is 1.44. The highest BCUT2D eigenvalue weighted by atomic mass is 35.5. The first-order valence-electron chi connectivity index (χ1n) is 12.3. The number of carbonyl (C=O) groups excluding carboxylic acids is 2.